The Morgan fingerprint density at radius 2 is 2.14 bits per heavy atom. The summed E-state index contributed by atoms with van der Waals surface area (Å²) >= 11 is 12.2. The van der Waals surface area contributed by atoms with Gasteiger partial charge in [0.2, 0.25) is 0 Å². The Morgan fingerprint density at radius 3 is 2.71 bits per heavy atom. The number of methoxy groups -OCH3 is 1. The van der Waals surface area contributed by atoms with Gasteiger partial charge in [0.25, 0.3) is 0 Å². The topological polar surface area (TPSA) is 26.3 Å². The number of benzene rings is 1. The SMILES string of the molecule is COC(=O)C1C(c2ccc(Cl)c(Cl)c2)CC23CCC2CC13. The van der Waals surface area contributed by atoms with Crippen molar-refractivity contribution in [3.8, 4) is 0 Å². The zero-order valence-corrected chi connectivity index (χ0v) is 13.5. The zero-order valence-electron chi connectivity index (χ0n) is 11.9. The Hall–Kier alpha value is -0.730. The van der Waals surface area contributed by atoms with Crippen LogP contribution < -0.4 is 0 Å². The van der Waals surface area contributed by atoms with Crippen LogP contribution in [-0.2, 0) is 9.53 Å². The standard InChI is InChI=1S/C17H18Cl2O2/c1-21-16(20)15-11(9-2-3-13(18)14(19)6-9)8-17-5-4-10(17)7-12(15)17/h2-3,6,10-12,15H,4-5,7-8H2,1H3. The highest BCUT2D eigenvalue weighted by Gasteiger charge is 2.69. The number of carbonyl (C=O) groups excluding carboxylic acids is 1. The van der Waals surface area contributed by atoms with Crippen molar-refractivity contribution in [2.24, 2.45) is 23.2 Å². The van der Waals surface area contributed by atoms with Crippen molar-refractivity contribution in [1.29, 1.82) is 0 Å². The van der Waals surface area contributed by atoms with E-state index in [2.05, 4.69) is 0 Å². The highest BCUT2D eigenvalue weighted by molar-refractivity contribution is 6.42. The predicted molar refractivity (Wildman–Crippen MR) is 82.6 cm³/mol. The number of hydrogen-bond donors (Lipinski definition) is 0. The van der Waals surface area contributed by atoms with Crippen LogP contribution in [0.3, 0.4) is 0 Å². The first-order chi connectivity index (χ1) is 10.1. The molecule has 0 N–H and O–H groups in total. The molecule has 3 aliphatic rings. The highest BCUT2D eigenvalue weighted by Crippen LogP contribution is 2.75. The first-order valence-corrected chi connectivity index (χ1v) is 8.35. The van der Waals surface area contributed by atoms with Crippen molar-refractivity contribution in [3.63, 3.8) is 0 Å². The fraction of sp³-hybridized carbons (Fsp3) is 0.588. The molecule has 1 aromatic carbocycles. The maximum atomic E-state index is 12.3. The van der Waals surface area contributed by atoms with Gasteiger partial charge in [0.05, 0.1) is 23.1 Å². The molecular formula is C17H18Cl2O2. The van der Waals surface area contributed by atoms with Gasteiger partial charge in [-0.3, -0.25) is 4.79 Å². The van der Waals surface area contributed by atoms with Gasteiger partial charge in [-0.15, -0.1) is 0 Å². The second-order valence-corrected chi connectivity index (χ2v) is 7.66. The van der Waals surface area contributed by atoms with Crippen LogP contribution in [0.2, 0.25) is 10.0 Å². The third kappa shape index (κ3) is 1.75. The van der Waals surface area contributed by atoms with Gasteiger partial charge in [-0.1, -0.05) is 29.3 Å². The van der Waals surface area contributed by atoms with Crippen LogP contribution >= 0.6 is 23.2 Å². The molecule has 0 saturated heterocycles. The molecule has 3 fully saturated rings. The minimum absolute atomic E-state index is 0.0104. The molecule has 0 aliphatic heterocycles. The Morgan fingerprint density at radius 1 is 1.33 bits per heavy atom. The fourth-order valence-corrected chi connectivity index (χ4v) is 5.52. The van der Waals surface area contributed by atoms with Gasteiger partial charge in [-0.25, -0.2) is 0 Å². The van der Waals surface area contributed by atoms with E-state index in [0.717, 1.165) is 17.9 Å². The maximum Gasteiger partial charge on any atom is 0.309 e. The van der Waals surface area contributed by atoms with Crippen molar-refractivity contribution < 1.29 is 9.53 Å². The molecule has 112 valence electrons. The van der Waals surface area contributed by atoms with Crippen LogP contribution in [0, 0.1) is 23.2 Å². The molecule has 0 heterocycles. The molecule has 0 aromatic heterocycles. The summed E-state index contributed by atoms with van der Waals surface area (Å²) in [6.07, 6.45) is 4.89. The Labute approximate surface area is 134 Å². The Kier molecular flexibility index (Phi) is 3.07. The van der Waals surface area contributed by atoms with Crippen LogP contribution in [0.25, 0.3) is 0 Å². The van der Waals surface area contributed by atoms with E-state index in [0.29, 0.717) is 21.4 Å². The highest BCUT2D eigenvalue weighted by atomic mass is 35.5. The van der Waals surface area contributed by atoms with Crippen LogP contribution in [-0.4, -0.2) is 13.1 Å². The van der Waals surface area contributed by atoms with Crippen LogP contribution in [0.15, 0.2) is 18.2 Å². The Bertz CT molecular complexity index is 615. The molecule has 2 nitrogen and oxygen atoms in total. The normalized spacial score (nSPS) is 39.8. The molecule has 4 rings (SSSR count). The number of ether oxygens (including phenoxy) is 1. The van der Waals surface area contributed by atoms with Gasteiger partial charge < -0.3 is 4.74 Å². The summed E-state index contributed by atoms with van der Waals surface area (Å²) in [4.78, 5) is 12.3. The summed E-state index contributed by atoms with van der Waals surface area (Å²) in [6.45, 7) is 0. The van der Waals surface area contributed by atoms with Gasteiger partial charge in [0, 0.05) is 0 Å². The van der Waals surface area contributed by atoms with E-state index in [-0.39, 0.29) is 17.8 Å². The molecular weight excluding hydrogens is 307 g/mol. The molecule has 0 amide bonds. The summed E-state index contributed by atoms with van der Waals surface area (Å²) in [5.74, 6) is 1.50. The molecule has 1 spiro atoms. The summed E-state index contributed by atoms with van der Waals surface area (Å²) in [7, 11) is 1.50. The predicted octanol–water partition coefficient (Wildman–Crippen LogP) is 4.69. The number of esters is 1. The first-order valence-electron chi connectivity index (χ1n) is 7.59. The fourth-order valence-electron chi connectivity index (χ4n) is 5.21. The lowest BCUT2D eigenvalue weighted by molar-refractivity contribution is -0.163. The van der Waals surface area contributed by atoms with Crippen molar-refractivity contribution in [2.45, 2.75) is 31.6 Å². The largest absolute Gasteiger partial charge is 0.469 e. The van der Waals surface area contributed by atoms with E-state index in [1.807, 2.05) is 18.2 Å². The molecule has 0 radical (unpaired) electrons. The van der Waals surface area contributed by atoms with Crippen LogP contribution in [0.4, 0.5) is 0 Å². The van der Waals surface area contributed by atoms with Crippen LogP contribution in [0.5, 0.6) is 0 Å². The third-order valence-corrected chi connectivity index (χ3v) is 7.10. The number of halogens is 2. The molecule has 0 bridgehead atoms. The molecule has 5 atom stereocenters. The molecule has 21 heavy (non-hydrogen) atoms. The number of carbonyl (C=O) groups is 1. The molecule has 1 aromatic rings. The van der Waals surface area contributed by atoms with E-state index in [9.17, 15) is 4.79 Å². The van der Waals surface area contributed by atoms with Crippen molar-refractivity contribution in [3.05, 3.63) is 33.8 Å². The Balaban J connectivity index is 1.72. The monoisotopic (exact) mass is 324 g/mol. The van der Waals surface area contributed by atoms with Gasteiger partial charge in [-0.2, -0.15) is 0 Å². The number of hydrogen-bond acceptors (Lipinski definition) is 2. The molecule has 4 heteroatoms. The van der Waals surface area contributed by atoms with Crippen LogP contribution in [0.1, 0.15) is 37.2 Å². The van der Waals surface area contributed by atoms with Crippen molar-refractivity contribution >= 4 is 29.2 Å². The molecule has 3 aliphatic carbocycles. The van der Waals surface area contributed by atoms with E-state index >= 15 is 0 Å². The van der Waals surface area contributed by atoms with Gasteiger partial charge in [-0.05, 0) is 66.5 Å². The van der Waals surface area contributed by atoms with Crippen molar-refractivity contribution in [2.75, 3.05) is 7.11 Å². The minimum atomic E-state index is -0.0571. The first kappa shape index (κ1) is 13.9. The lowest BCUT2D eigenvalue weighted by Crippen LogP contribution is -2.55. The summed E-state index contributed by atoms with van der Waals surface area (Å²) < 4.78 is 5.10. The van der Waals surface area contributed by atoms with E-state index < -0.39 is 0 Å². The second kappa shape index (κ2) is 4.63. The average molecular weight is 325 g/mol. The quantitative estimate of drug-likeness (QED) is 0.738. The molecule has 5 unspecified atom stereocenters. The lowest BCUT2D eigenvalue weighted by Gasteiger charge is -2.62. The maximum absolute atomic E-state index is 12.3. The van der Waals surface area contributed by atoms with Gasteiger partial charge >= 0.3 is 5.97 Å². The summed E-state index contributed by atoms with van der Waals surface area (Å²) in [5.41, 5.74) is 1.55. The third-order valence-electron chi connectivity index (χ3n) is 6.36. The number of rotatable bonds is 2. The lowest BCUT2D eigenvalue weighted by atomic mass is 9.42. The molecule has 3 saturated carbocycles. The van der Waals surface area contributed by atoms with E-state index in [1.54, 1.807) is 0 Å². The summed E-state index contributed by atoms with van der Waals surface area (Å²) in [5, 5.41) is 1.13. The van der Waals surface area contributed by atoms with E-state index in [1.165, 1.54) is 26.4 Å². The van der Waals surface area contributed by atoms with E-state index in [4.69, 9.17) is 27.9 Å². The zero-order chi connectivity index (χ0) is 14.8. The van der Waals surface area contributed by atoms with Crippen molar-refractivity contribution in [1.82, 2.24) is 0 Å². The van der Waals surface area contributed by atoms with Gasteiger partial charge in [0.15, 0.2) is 0 Å². The summed E-state index contributed by atoms with van der Waals surface area (Å²) in [6, 6.07) is 5.78. The average Bonchev–Trinajstić information content (AvgIpc) is 2.80. The van der Waals surface area contributed by atoms with Gasteiger partial charge in [0.1, 0.15) is 0 Å². The second-order valence-electron chi connectivity index (χ2n) is 6.84. The smallest absolute Gasteiger partial charge is 0.309 e. The minimum Gasteiger partial charge on any atom is -0.469 e.